The zero-order chi connectivity index (χ0) is 15.2. The summed E-state index contributed by atoms with van der Waals surface area (Å²) in [6.07, 6.45) is 2.67. The molecule has 114 valence electrons. The fraction of sp³-hybridized carbons (Fsp3) is 0.467. The molecule has 6 heteroatoms. The van der Waals surface area contributed by atoms with Crippen molar-refractivity contribution in [3.05, 3.63) is 30.1 Å². The maximum Gasteiger partial charge on any atom is 0.190 e. The van der Waals surface area contributed by atoms with Gasteiger partial charge in [0.1, 0.15) is 12.1 Å². The molecule has 0 bridgehead atoms. The second-order valence-corrected chi connectivity index (χ2v) is 5.83. The van der Waals surface area contributed by atoms with Crippen molar-refractivity contribution >= 4 is 11.8 Å². The number of hydrogen-bond acceptors (Lipinski definition) is 5. The van der Waals surface area contributed by atoms with Crippen molar-refractivity contribution < 1.29 is 4.74 Å². The van der Waals surface area contributed by atoms with Crippen LogP contribution >= 0.6 is 11.8 Å². The quantitative estimate of drug-likeness (QED) is 0.852. The molecule has 0 saturated carbocycles. The van der Waals surface area contributed by atoms with E-state index in [9.17, 15) is 0 Å². The Labute approximate surface area is 130 Å². The van der Waals surface area contributed by atoms with Gasteiger partial charge in [-0.25, -0.2) is 9.67 Å². The Morgan fingerprint density at radius 1 is 1.43 bits per heavy atom. The van der Waals surface area contributed by atoms with Gasteiger partial charge >= 0.3 is 0 Å². The lowest BCUT2D eigenvalue weighted by molar-refractivity contribution is 0.399. The molecule has 0 aliphatic heterocycles. The van der Waals surface area contributed by atoms with Gasteiger partial charge in [-0.15, -0.1) is 0 Å². The largest absolute Gasteiger partial charge is 0.496 e. The molecule has 0 aliphatic carbocycles. The summed E-state index contributed by atoms with van der Waals surface area (Å²) in [6, 6.07) is 6.33. The molecule has 0 fully saturated rings. The van der Waals surface area contributed by atoms with Crippen molar-refractivity contribution in [2.75, 3.05) is 13.7 Å². The third-order valence-electron chi connectivity index (χ3n) is 3.25. The van der Waals surface area contributed by atoms with Crippen molar-refractivity contribution in [2.45, 2.75) is 36.4 Å². The summed E-state index contributed by atoms with van der Waals surface area (Å²) >= 11 is 1.61. The van der Waals surface area contributed by atoms with Crippen molar-refractivity contribution in [1.82, 2.24) is 20.1 Å². The molecule has 0 radical (unpaired) electrons. The molecule has 1 aromatic carbocycles. The van der Waals surface area contributed by atoms with E-state index in [0.717, 1.165) is 28.8 Å². The molecule has 2 aromatic rings. The summed E-state index contributed by atoms with van der Waals surface area (Å²) in [6.45, 7) is 5.30. The van der Waals surface area contributed by atoms with E-state index >= 15 is 0 Å². The fourth-order valence-electron chi connectivity index (χ4n) is 2.16. The van der Waals surface area contributed by atoms with Crippen LogP contribution in [0.1, 0.15) is 31.9 Å². The molecule has 0 amide bonds. The SMILES string of the molecule is CCCNC(C)c1c(OC)cccc1Sc1ncnn1C. The summed E-state index contributed by atoms with van der Waals surface area (Å²) in [5, 5.41) is 8.51. The molecule has 0 spiro atoms. The molecule has 2 rings (SSSR count). The zero-order valence-corrected chi connectivity index (χ0v) is 13.8. The first-order chi connectivity index (χ1) is 10.2. The monoisotopic (exact) mass is 306 g/mol. The van der Waals surface area contributed by atoms with Gasteiger partial charge in [0.05, 0.1) is 7.11 Å². The first kappa shape index (κ1) is 15.9. The molecule has 1 aromatic heterocycles. The van der Waals surface area contributed by atoms with Gasteiger partial charge in [0.15, 0.2) is 5.16 Å². The molecular weight excluding hydrogens is 284 g/mol. The van der Waals surface area contributed by atoms with Gasteiger partial charge in [0.2, 0.25) is 0 Å². The minimum atomic E-state index is 0.219. The van der Waals surface area contributed by atoms with Crippen LogP contribution in [0, 0.1) is 0 Å². The van der Waals surface area contributed by atoms with Crippen LogP contribution in [0.15, 0.2) is 34.6 Å². The van der Waals surface area contributed by atoms with Crippen LogP contribution in [0.3, 0.4) is 0 Å². The van der Waals surface area contributed by atoms with Crippen LogP contribution in [-0.4, -0.2) is 28.4 Å². The summed E-state index contributed by atoms with van der Waals surface area (Å²) < 4.78 is 7.32. The van der Waals surface area contributed by atoms with Gasteiger partial charge in [0.25, 0.3) is 0 Å². The van der Waals surface area contributed by atoms with Gasteiger partial charge in [-0.1, -0.05) is 13.0 Å². The van der Waals surface area contributed by atoms with Crippen molar-refractivity contribution in [2.24, 2.45) is 7.05 Å². The van der Waals surface area contributed by atoms with Gasteiger partial charge in [-0.3, -0.25) is 0 Å². The summed E-state index contributed by atoms with van der Waals surface area (Å²) in [7, 11) is 3.61. The Balaban J connectivity index is 2.33. The number of nitrogens with one attached hydrogen (secondary N) is 1. The number of benzene rings is 1. The molecule has 21 heavy (non-hydrogen) atoms. The highest BCUT2D eigenvalue weighted by atomic mass is 32.2. The number of ether oxygens (including phenoxy) is 1. The van der Waals surface area contributed by atoms with E-state index in [-0.39, 0.29) is 6.04 Å². The minimum Gasteiger partial charge on any atom is -0.496 e. The normalized spacial score (nSPS) is 12.4. The third-order valence-corrected chi connectivity index (χ3v) is 4.38. The predicted octanol–water partition coefficient (Wildman–Crippen LogP) is 3.04. The highest BCUT2D eigenvalue weighted by Crippen LogP contribution is 2.37. The highest BCUT2D eigenvalue weighted by molar-refractivity contribution is 7.99. The van der Waals surface area contributed by atoms with Crippen LogP contribution in [0.2, 0.25) is 0 Å². The summed E-state index contributed by atoms with van der Waals surface area (Å²) in [4.78, 5) is 5.42. The maximum absolute atomic E-state index is 5.54. The number of methoxy groups -OCH3 is 1. The molecule has 0 saturated heterocycles. The van der Waals surface area contributed by atoms with Gasteiger partial charge in [-0.05, 0) is 43.8 Å². The lowest BCUT2D eigenvalue weighted by Crippen LogP contribution is -2.20. The van der Waals surface area contributed by atoms with Crippen LogP contribution in [-0.2, 0) is 7.05 Å². The Hall–Kier alpha value is -1.53. The highest BCUT2D eigenvalue weighted by Gasteiger charge is 2.17. The van der Waals surface area contributed by atoms with E-state index in [0.29, 0.717) is 0 Å². The fourth-order valence-corrected chi connectivity index (χ4v) is 3.17. The predicted molar refractivity (Wildman–Crippen MR) is 84.8 cm³/mol. The van der Waals surface area contributed by atoms with E-state index < -0.39 is 0 Å². The van der Waals surface area contributed by atoms with Crippen molar-refractivity contribution in [3.63, 3.8) is 0 Å². The Morgan fingerprint density at radius 3 is 2.86 bits per heavy atom. The topological polar surface area (TPSA) is 52.0 Å². The zero-order valence-electron chi connectivity index (χ0n) is 13.0. The molecule has 0 aliphatic rings. The third kappa shape index (κ3) is 3.77. The molecule has 5 nitrogen and oxygen atoms in total. The van der Waals surface area contributed by atoms with Gasteiger partial charge in [-0.2, -0.15) is 5.10 Å². The molecular formula is C15H22N4OS. The van der Waals surface area contributed by atoms with E-state index in [4.69, 9.17) is 4.74 Å². The lowest BCUT2D eigenvalue weighted by atomic mass is 10.1. The van der Waals surface area contributed by atoms with Crippen molar-refractivity contribution in [3.8, 4) is 5.75 Å². The van der Waals surface area contributed by atoms with E-state index in [1.54, 1.807) is 29.9 Å². The maximum atomic E-state index is 5.54. The Kier molecular flexibility index (Phi) is 5.64. The van der Waals surface area contributed by atoms with Gasteiger partial charge in [0, 0.05) is 23.5 Å². The standard InChI is InChI=1S/C15H22N4OS/c1-5-9-16-11(2)14-12(20-4)7-6-8-13(14)21-15-17-10-18-19(15)3/h6-8,10-11,16H,5,9H2,1-4H3. The van der Waals surface area contributed by atoms with E-state index in [1.165, 1.54) is 5.56 Å². The smallest absolute Gasteiger partial charge is 0.190 e. The number of aromatic nitrogens is 3. The minimum absolute atomic E-state index is 0.219. The van der Waals surface area contributed by atoms with E-state index in [1.807, 2.05) is 19.2 Å². The van der Waals surface area contributed by atoms with Crippen molar-refractivity contribution in [1.29, 1.82) is 0 Å². The van der Waals surface area contributed by atoms with Crippen LogP contribution < -0.4 is 10.1 Å². The molecule has 1 N–H and O–H groups in total. The number of rotatable bonds is 7. The summed E-state index contributed by atoms with van der Waals surface area (Å²) in [5.41, 5.74) is 1.17. The number of aryl methyl sites for hydroxylation is 1. The first-order valence-electron chi connectivity index (χ1n) is 7.09. The van der Waals surface area contributed by atoms with Gasteiger partial charge < -0.3 is 10.1 Å². The van der Waals surface area contributed by atoms with Crippen LogP contribution in [0.5, 0.6) is 5.75 Å². The first-order valence-corrected chi connectivity index (χ1v) is 7.91. The number of hydrogen-bond donors (Lipinski definition) is 1. The average molecular weight is 306 g/mol. The Bertz CT molecular complexity index is 585. The second kappa shape index (κ2) is 7.47. The molecule has 1 heterocycles. The molecule has 1 atom stereocenters. The van der Waals surface area contributed by atoms with Crippen LogP contribution in [0.4, 0.5) is 0 Å². The second-order valence-electron chi connectivity index (χ2n) is 4.82. The molecule has 1 unspecified atom stereocenters. The average Bonchev–Trinajstić information content (AvgIpc) is 2.89. The summed E-state index contributed by atoms with van der Waals surface area (Å²) in [5.74, 6) is 0.901. The lowest BCUT2D eigenvalue weighted by Gasteiger charge is -2.20. The Morgan fingerprint density at radius 2 is 2.24 bits per heavy atom. The number of nitrogens with zero attached hydrogens (tertiary/aromatic N) is 3. The van der Waals surface area contributed by atoms with E-state index in [2.05, 4.69) is 35.3 Å². The van der Waals surface area contributed by atoms with Crippen LogP contribution in [0.25, 0.3) is 0 Å².